The van der Waals surface area contributed by atoms with Crippen LogP contribution in [0.15, 0.2) is 36.1 Å². The van der Waals surface area contributed by atoms with E-state index in [0.717, 1.165) is 16.6 Å². The molecule has 134 valence electrons. The topological polar surface area (TPSA) is 60.6 Å². The second kappa shape index (κ2) is 9.51. The number of allylic oxidation sites excluding steroid dienone is 2. The molecule has 0 aliphatic carbocycles. The van der Waals surface area contributed by atoms with Gasteiger partial charge in [0.1, 0.15) is 6.61 Å². The number of hydrogen-bond donors (Lipinski definition) is 1. The molecule has 1 aromatic heterocycles. The lowest BCUT2D eigenvalue weighted by Crippen LogP contribution is -2.12. The number of H-pyrrole nitrogens is 1. The van der Waals surface area contributed by atoms with Crippen LogP contribution in [0.1, 0.15) is 12.6 Å². The number of benzene rings is 1. The first-order valence-corrected chi connectivity index (χ1v) is 8.45. The van der Waals surface area contributed by atoms with Gasteiger partial charge < -0.3 is 19.2 Å². The van der Waals surface area contributed by atoms with E-state index in [0.29, 0.717) is 16.7 Å². The Bertz CT molecular complexity index is 757. The quantitative estimate of drug-likeness (QED) is 0.238. The summed E-state index contributed by atoms with van der Waals surface area (Å²) in [4.78, 5) is 15.1. The molecule has 0 saturated carbocycles. The fourth-order valence-corrected chi connectivity index (χ4v) is 2.43. The fraction of sp³-hybridized carbons (Fsp3) is 0.278. The highest BCUT2D eigenvalue weighted by molar-refractivity contribution is 6.42. The summed E-state index contributed by atoms with van der Waals surface area (Å²) in [6.45, 7) is 2.65. The number of halogens is 2. The van der Waals surface area contributed by atoms with Crippen LogP contribution in [-0.2, 0) is 19.0 Å². The zero-order chi connectivity index (χ0) is 18.2. The van der Waals surface area contributed by atoms with Crippen molar-refractivity contribution in [2.45, 2.75) is 6.92 Å². The van der Waals surface area contributed by atoms with Gasteiger partial charge in [0.25, 0.3) is 0 Å². The van der Waals surface area contributed by atoms with Gasteiger partial charge in [0.05, 0.1) is 23.3 Å². The lowest BCUT2D eigenvalue weighted by atomic mass is 10.2. The number of aromatic amines is 1. The SMILES string of the molecule is CCOC(=O)/C(=C/C=C/c1cc2cc(Cl)c(Cl)cc2[nH]1)OCCOC. The maximum Gasteiger partial charge on any atom is 0.373 e. The lowest BCUT2D eigenvalue weighted by molar-refractivity contribution is -0.142. The molecular weight excluding hydrogens is 365 g/mol. The molecule has 0 radical (unpaired) electrons. The summed E-state index contributed by atoms with van der Waals surface area (Å²) in [5.41, 5.74) is 1.71. The Balaban J connectivity index is 2.15. The summed E-state index contributed by atoms with van der Waals surface area (Å²) < 4.78 is 15.3. The number of ether oxygens (including phenoxy) is 3. The number of methoxy groups -OCH3 is 1. The fourth-order valence-electron chi connectivity index (χ4n) is 2.09. The van der Waals surface area contributed by atoms with Crippen molar-refractivity contribution >= 4 is 46.2 Å². The zero-order valence-electron chi connectivity index (χ0n) is 14.0. The van der Waals surface area contributed by atoms with Gasteiger partial charge in [-0.2, -0.15) is 0 Å². The first-order valence-electron chi connectivity index (χ1n) is 7.70. The predicted molar refractivity (Wildman–Crippen MR) is 99.9 cm³/mol. The maximum atomic E-state index is 11.9. The second-order valence-electron chi connectivity index (χ2n) is 5.03. The number of carbonyl (C=O) groups is 1. The molecule has 25 heavy (non-hydrogen) atoms. The van der Waals surface area contributed by atoms with Crippen LogP contribution >= 0.6 is 23.2 Å². The molecule has 0 amide bonds. The predicted octanol–water partition coefficient (Wildman–Crippen LogP) is 4.60. The van der Waals surface area contributed by atoms with Crippen molar-refractivity contribution < 1.29 is 19.0 Å². The molecule has 0 saturated heterocycles. The molecule has 5 nitrogen and oxygen atoms in total. The van der Waals surface area contributed by atoms with Crippen molar-refractivity contribution in [2.75, 3.05) is 26.9 Å². The van der Waals surface area contributed by atoms with Crippen LogP contribution in [-0.4, -0.2) is 37.9 Å². The van der Waals surface area contributed by atoms with Crippen LogP contribution in [0.3, 0.4) is 0 Å². The van der Waals surface area contributed by atoms with E-state index in [4.69, 9.17) is 37.4 Å². The van der Waals surface area contributed by atoms with Crippen LogP contribution in [0, 0.1) is 0 Å². The first-order chi connectivity index (χ1) is 12.0. The maximum absolute atomic E-state index is 11.9. The van der Waals surface area contributed by atoms with Crippen LogP contribution < -0.4 is 0 Å². The van der Waals surface area contributed by atoms with Gasteiger partial charge in [-0.15, -0.1) is 0 Å². The minimum absolute atomic E-state index is 0.123. The Morgan fingerprint density at radius 3 is 2.64 bits per heavy atom. The van der Waals surface area contributed by atoms with E-state index in [1.165, 1.54) is 0 Å². The Morgan fingerprint density at radius 2 is 1.92 bits per heavy atom. The Morgan fingerprint density at radius 1 is 1.16 bits per heavy atom. The number of esters is 1. The monoisotopic (exact) mass is 383 g/mol. The van der Waals surface area contributed by atoms with E-state index < -0.39 is 5.97 Å². The van der Waals surface area contributed by atoms with Crippen LogP contribution in [0.2, 0.25) is 10.0 Å². The van der Waals surface area contributed by atoms with E-state index in [1.807, 2.05) is 6.07 Å². The Kier molecular flexibility index (Phi) is 7.37. The molecule has 0 atom stereocenters. The standard InChI is InChI=1S/C18H19Cl2NO4/c1-3-24-18(22)17(25-8-7-23-2)6-4-5-13-9-12-10-14(19)15(20)11-16(12)21-13/h4-6,9-11,21H,3,7-8H2,1-2H3/b5-4+,17-6-. The number of fused-ring (bicyclic) bond motifs is 1. The molecule has 0 unspecified atom stereocenters. The molecule has 0 aliphatic heterocycles. The van der Waals surface area contributed by atoms with Gasteiger partial charge in [0, 0.05) is 23.7 Å². The Labute approximate surface area is 156 Å². The summed E-state index contributed by atoms with van der Waals surface area (Å²) in [5, 5.41) is 1.93. The van der Waals surface area contributed by atoms with E-state index >= 15 is 0 Å². The molecule has 1 heterocycles. The van der Waals surface area contributed by atoms with Gasteiger partial charge in [0.15, 0.2) is 0 Å². The van der Waals surface area contributed by atoms with Gasteiger partial charge in [-0.1, -0.05) is 29.3 Å². The smallest absolute Gasteiger partial charge is 0.373 e. The number of rotatable bonds is 8. The Hall–Kier alpha value is -1.95. The highest BCUT2D eigenvalue weighted by Gasteiger charge is 2.11. The molecule has 0 spiro atoms. The summed E-state index contributed by atoms with van der Waals surface area (Å²) >= 11 is 12.0. The molecule has 1 N–H and O–H groups in total. The van der Waals surface area contributed by atoms with Crippen molar-refractivity contribution in [1.82, 2.24) is 4.98 Å². The van der Waals surface area contributed by atoms with E-state index in [9.17, 15) is 4.79 Å². The van der Waals surface area contributed by atoms with Crippen molar-refractivity contribution in [3.8, 4) is 0 Å². The lowest BCUT2D eigenvalue weighted by Gasteiger charge is -2.08. The molecule has 2 rings (SSSR count). The van der Waals surface area contributed by atoms with Crippen LogP contribution in [0.25, 0.3) is 17.0 Å². The van der Waals surface area contributed by atoms with E-state index in [-0.39, 0.29) is 19.0 Å². The van der Waals surface area contributed by atoms with Gasteiger partial charge in [-0.3, -0.25) is 0 Å². The molecular formula is C18H19Cl2NO4. The normalized spacial score (nSPS) is 12.1. The van der Waals surface area contributed by atoms with Crippen molar-refractivity contribution in [1.29, 1.82) is 0 Å². The van der Waals surface area contributed by atoms with Crippen molar-refractivity contribution in [3.05, 3.63) is 51.8 Å². The van der Waals surface area contributed by atoms with Gasteiger partial charge in [-0.05, 0) is 37.3 Å². The van der Waals surface area contributed by atoms with E-state index in [1.54, 1.807) is 44.4 Å². The third-order valence-electron chi connectivity index (χ3n) is 3.23. The minimum Gasteiger partial charge on any atom is -0.484 e. The summed E-state index contributed by atoms with van der Waals surface area (Å²) in [6, 6.07) is 5.49. The molecule has 0 bridgehead atoms. The minimum atomic E-state index is -0.515. The number of hydrogen-bond acceptors (Lipinski definition) is 4. The molecule has 0 fully saturated rings. The van der Waals surface area contributed by atoms with Crippen molar-refractivity contribution in [3.63, 3.8) is 0 Å². The van der Waals surface area contributed by atoms with Gasteiger partial charge >= 0.3 is 5.97 Å². The third kappa shape index (κ3) is 5.53. The highest BCUT2D eigenvalue weighted by atomic mass is 35.5. The average Bonchev–Trinajstić information content (AvgIpc) is 2.95. The average molecular weight is 384 g/mol. The van der Waals surface area contributed by atoms with Crippen LogP contribution in [0.4, 0.5) is 0 Å². The largest absolute Gasteiger partial charge is 0.484 e. The number of carbonyl (C=O) groups excluding carboxylic acids is 1. The summed E-state index contributed by atoms with van der Waals surface area (Å²) in [5.74, 6) is -0.393. The van der Waals surface area contributed by atoms with Crippen molar-refractivity contribution in [2.24, 2.45) is 0 Å². The highest BCUT2D eigenvalue weighted by Crippen LogP contribution is 2.28. The molecule has 1 aromatic carbocycles. The zero-order valence-corrected chi connectivity index (χ0v) is 15.5. The third-order valence-corrected chi connectivity index (χ3v) is 3.95. The van der Waals surface area contributed by atoms with E-state index in [2.05, 4.69) is 4.98 Å². The van der Waals surface area contributed by atoms with Gasteiger partial charge in [0.2, 0.25) is 5.76 Å². The summed E-state index contributed by atoms with van der Waals surface area (Å²) in [7, 11) is 1.56. The molecule has 2 aromatic rings. The van der Waals surface area contributed by atoms with Gasteiger partial charge in [-0.25, -0.2) is 4.79 Å². The first kappa shape index (κ1) is 19.4. The molecule has 0 aliphatic rings. The van der Waals surface area contributed by atoms with Crippen LogP contribution in [0.5, 0.6) is 0 Å². The number of aromatic nitrogens is 1. The molecule has 7 heteroatoms. The second-order valence-corrected chi connectivity index (χ2v) is 5.84. The number of nitrogens with one attached hydrogen (secondary N) is 1. The summed E-state index contributed by atoms with van der Waals surface area (Å²) in [6.07, 6.45) is 5.06.